The number of carbonyl (C=O) groups is 2. The predicted octanol–water partition coefficient (Wildman–Crippen LogP) is 10.1. The molecule has 6 N–H and O–H groups in total. The highest BCUT2D eigenvalue weighted by atomic mass is 16.5. The van der Waals surface area contributed by atoms with Crippen molar-refractivity contribution in [1.29, 1.82) is 0 Å². The second kappa shape index (κ2) is 28.2. The first-order valence-corrected chi connectivity index (χ1v) is 28.4. The van der Waals surface area contributed by atoms with Crippen LogP contribution in [0.25, 0.3) is 44.3 Å². The Bertz CT molecular complexity index is 3520. The molecule has 4 aliphatic rings. The summed E-state index contributed by atoms with van der Waals surface area (Å²) in [6.45, 7) is 12.1. The lowest BCUT2D eigenvalue weighted by Crippen LogP contribution is -2.32. The molecule has 0 radical (unpaired) electrons. The molecule has 4 saturated heterocycles. The number of hydrogen-bond donors (Lipinski definition) is 4. The van der Waals surface area contributed by atoms with Crippen molar-refractivity contribution in [2.24, 2.45) is 0 Å². The number of carbonyl (C=O) groups excluding carboxylic acids is 1. The topological polar surface area (TPSA) is 227 Å². The Hall–Kier alpha value is -8.46. The minimum absolute atomic E-state index is 0. The van der Waals surface area contributed by atoms with Gasteiger partial charge in [0.25, 0.3) is 0 Å². The summed E-state index contributed by atoms with van der Waals surface area (Å²) in [7, 11) is 4.06. The van der Waals surface area contributed by atoms with Crippen molar-refractivity contribution in [3.8, 4) is 45.3 Å². The van der Waals surface area contributed by atoms with Crippen molar-refractivity contribution in [3.63, 3.8) is 0 Å². The number of anilines is 2. The van der Waals surface area contributed by atoms with Crippen molar-refractivity contribution in [2.75, 3.05) is 91.3 Å². The van der Waals surface area contributed by atoms with Gasteiger partial charge in [-0.1, -0.05) is 80.2 Å². The summed E-state index contributed by atoms with van der Waals surface area (Å²) in [5.74, 6) is 3.27. The average Bonchev–Trinajstić information content (AvgIpc) is 2.17. The molecule has 0 saturated carbocycles. The standard InChI is InChI=1S/C32H36N6O3.C23H23N5O.C9H15NO3.CH4/c1-22-29(23-10-12-27(13-11-23)41-26-7-4-3-5-8-26)30-31(33)34-21-35-32(30)38(22)24-14-17-37(19-24)28(39)9-6-16-36(2)25-15-18-40-20-25;1-15-20(16-7-9-19(10-8-16)29-18-5-3-2-4-6-18)21-22(24)26-14-27-23(21)28(15)17-11-12-25-13-17;1-10(5-2-3-9(11)12)8-4-6-13-7-8;/h3-13,21,24-25H,14-20H2,1-2H3,(H2,33,34,35);2-10,14,17,25H,11-13H2,1H3,(H2,24,26,27);2-3,8H,4-7H2,1H3,(H,11,12);1H4/b9-6+;;3-2+;/t24-,25+;17-;8-;/m110./s1. The number of likely N-dealkylation sites (tertiary alicyclic amines) is 1. The third-order valence-electron chi connectivity index (χ3n) is 16.0. The van der Waals surface area contributed by atoms with Crippen LogP contribution in [-0.2, 0) is 19.1 Å². The van der Waals surface area contributed by atoms with Crippen LogP contribution in [0.1, 0.15) is 56.6 Å². The summed E-state index contributed by atoms with van der Waals surface area (Å²) < 4.78 is 27.2. The Labute approximate surface area is 491 Å². The average molecular weight is 1140 g/mol. The van der Waals surface area contributed by atoms with Gasteiger partial charge in [0.05, 0.1) is 30.0 Å². The van der Waals surface area contributed by atoms with E-state index in [-0.39, 0.29) is 19.4 Å². The summed E-state index contributed by atoms with van der Waals surface area (Å²) in [4.78, 5) is 47.3. The fourth-order valence-electron chi connectivity index (χ4n) is 11.6. The van der Waals surface area contributed by atoms with E-state index in [0.717, 1.165) is 150 Å². The second-order valence-electron chi connectivity index (χ2n) is 21.4. The molecule has 19 nitrogen and oxygen atoms in total. The number of aliphatic carboxylic acids is 1. The number of rotatable bonds is 16. The normalized spacial score (nSPS) is 18.6. The zero-order chi connectivity index (χ0) is 57.8. The molecule has 4 aromatic carbocycles. The number of ether oxygens (including phenoxy) is 4. The number of nitrogens with zero attached hydrogens (tertiary/aromatic N) is 9. The van der Waals surface area contributed by atoms with E-state index in [2.05, 4.69) is 77.2 Å². The highest BCUT2D eigenvalue weighted by molar-refractivity contribution is 6.03. The fraction of sp³-hybridized carbons (Fsp3) is 0.354. The summed E-state index contributed by atoms with van der Waals surface area (Å²) in [5, 5.41) is 13.6. The molecule has 4 fully saturated rings. The van der Waals surface area contributed by atoms with Crippen LogP contribution < -0.4 is 26.3 Å². The van der Waals surface area contributed by atoms with Gasteiger partial charge in [-0.25, -0.2) is 24.7 Å². The molecule has 1 amide bonds. The molecule has 0 spiro atoms. The monoisotopic (exact) mass is 1140 g/mol. The van der Waals surface area contributed by atoms with Crippen LogP contribution in [0.3, 0.4) is 0 Å². The predicted molar refractivity (Wildman–Crippen MR) is 330 cm³/mol. The number of nitrogens with one attached hydrogen (secondary N) is 1. The minimum atomic E-state index is -0.893. The van der Waals surface area contributed by atoms with Gasteiger partial charge in [0, 0.05) is 98.7 Å². The summed E-state index contributed by atoms with van der Waals surface area (Å²) in [5.41, 5.74) is 20.9. The van der Waals surface area contributed by atoms with E-state index in [1.165, 1.54) is 12.4 Å². The molecule has 8 aromatic rings. The van der Waals surface area contributed by atoms with Gasteiger partial charge in [-0.2, -0.15) is 0 Å². The van der Waals surface area contributed by atoms with Crippen LogP contribution in [0, 0.1) is 13.8 Å². The molecular weight excluding hydrogens is 1060 g/mol. The highest BCUT2D eigenvalue weighted by Crippen LogP contribution is 2.42. The van der Waals surface area contributed by atoms with Gasteiger partial charge < -0.3 is 54.9 Å². The van der Waals surface area contributed by atoms with E-state index in [1.807, 2.05) is 115 Å². The Morgan fingerprint density at radius 2 is 1.11 bits per heavy atom. The SMILES string of the molecule is C.CN(C/C=C/C(=O)O)[C@H]1CCOC1.Cc1c(-c2ccc(Oc3ccccc3)cc2)c2c(N)ncnc2n1[C@@H]1CCN(C(=O)/C=C/CN(C)[C@H]2CCOC2)C1.Cc1c(-c2ccc(Oc3ccccc3)cc2)c2c(N)ncnc2n1[C@@H]1CCNC1. The van der Waals surface area contributed by atoms with E-state index >= 15 is 0 Å². The van der Waals surface area contributed by atoms with Crippen LogP contribution in [-0.4, -0.2) is 153 Å². The molecule has 4 aromatic heterocycles. The maximum atomic E-state index is 13.0. The fourth-order valence-corrected chi connectivity index (χ4v) is 11.6. The van der Waals surface area contributed by atoms with Crippen LogP contribution >= 0.6 is 0 Å². The molecule has 0 bridgehead atoms. The van der Waals surface area contributed by atoms with Crippen LogP contribution in [0.2, 0.25) is 0 Å². The molecule has 0 unspecified atom stereocenters. The van der Waals surface area contributed by atoms with Gasteiger partial charge >= 0.3 is 5.97 Å². The number of hydrogen-bond acceptors (Lipinski definition) is 15. The number of carboxylic acid groups (broad SMARTS) is 1. The Morgan fingerprint density at radius 1 is 0.643 bits per heavy atom. The minimum Gasteiger partial charge on any atom is -0.478 e. The first-order chi connectivity index (χ1) is 40.4. The van der Waals surface area contributed by atoms with Crippen LogP contribution in [0.5, 0.6) is 23.0 Å². The van der Waals surface area contributed by atoms with E-state index in [1.54, 1.807) is 18.5 Å². The zero-order valence-corrected chi connectivity index (χ0v) is 47.6. The van der Waals surface area contributed by atoms with Crippen molar-refractivity contribution in [2.45, 2.75) is 71.1 Å². The molecular formula is C65H78N12O7. The number of carboxylic acids is 1. The molecule has 8 heterocycles. The number of benzene rings is 4. The van der Waals surface area contributed by atoms with Crippen LogP contribution in [0.4, 0.5) is 11.6 Å². The van der Waals surface area contributed by atoms with Crippen molar-refractivity contribution in [3.05, 3.63) is 158 Å². The number of nitrogens with two attached hydrogens (primary N) is 2. The molecule has 12 rings (SSSR count). The van der Waals surface area contributed by atoms with E-state index in [0.29, 0.717) is 49.4 Å². The molecule has 4 aliphatic heterocycles. The number of amides is 1. The quantitative estimate of drug-likeness (QED) is 0.0660. The number of para-hydroxylation sites is 2. The number of likely N-dealkylation sites (N-methyl/N-ethyl adjacent to an activating group) is 2. The molecule has 84 heavy (non-hydrogen) atoms. The van der Waals surface area contributed by atoms with Crippen LogP contribution in [0.15, 0.2) is 146 Å². The zero-order valence-electron chi connectivity index (χ0n) is 47.6. The lowest BCUT2D eigenvalue weighted by molar-refractivity contribution is -0.131. The maximum absolute atomic E-state index is 13.0. The lowest BCUT2D eigenvalue weighted by atomic mass is 10.0. The van der Waals surface area contributed by atoms with Crippen molar-refractivity contribution in [1.82, 2.24) is 49.1 Å². The van der Waals surface area contributed by atoms with Gasteiger partial charge in [-0.3, -0.25) is 14.6 Å². The second-order valence-corrected chi connectivity index (χ2v) is 21.4. The molecule has 0 aliphatic carbocycles. The third-order valence-corrected chi connectivity index (χ3v) is 16.0. The summed E-state index contributed by atoms with van der Waals surface area (Å²) >= 11 is 0. The highest BCUT2D eigenvalue weighted by Gasteiger charge is 2.32. The molecule has 440 valence electrons. The number of fused-ring (bicyclic) bond motifs is 2. The Morgan fingerprint density at radius 3 is 1.55 bits per heavy atom. The largest absolute Gasteiger partial charge is 0.478 e. The Kier molecular flexibility index (Phi) is 20.2. The van der Waals surface area contributed by atoms with E-state index < -0.39 is 5.97 Å². The lowest BCUT2D eigenvalue weighted by Gasteiger charge is -2.21. The molecule has 4 atom stereocenters. The number of nitrogen functional groups attached to an aromatic ring is 2. The van der Waals surface area contributed by atoms with E-state index in [4.69, 9.17) is 35.5 Å². The summed E-state index contributed by atoms with van der Waals surface area (Å²) in [6, 6.07) is 37.0. The first-order valence-electron chi connectivity index (χ1n) is 28.4. The number of aromatic nitrogens is 6. The van der Waals surface area contributed by atoms with Gasteiger partial charge in [-0.05, 0) is 120 Å². The van der Waals surface area contributed by atoms with Gasteiger partial charge in [-0.15, -0.1) is 0 Å². The van der Waals surface area contributed by atoms with Gasteiger partial charge in [0.1, 0.15) is 58.6 Å². The smallest absolute Gasteiger partial charge is 0.328 e. The van der Waals surface area contributed by atoms with Crippen molar-refractivity contribution >= 4 is 45.6 Å². The Balaban J connectivity index is 0.000000170. The first kappa shape index (κ1) is 60.1. The molecule has 19 heteroatoms. The van der Waals surface area contributed by atoms with Gasteiger partial charge in [0.2, 0.25) is 5.91 Å². The maximum Gasteiger partial charge on any atom is 0.328 e. The van der Waals surface area contributed by atoms with E-state index in [9.17, 15) is 9.59 Å². The third kappa shape index (κ3) is 14.1. The summed E-state index contributed by atoms with van der Waals surface area (Å²) in [6.07, 6.45) is 13.6. The van der Waals surface area contributed by atoms with Crippen molar-refractivity contribution < 1.29 is 33.6 Å². The van der Waals surface area contributed by atoms with Gasteiger partial charge in [0.15, 0.2) is 0 Å².